The first-order chi connectivity index (χ1) is 9.63. The van der Waals surface area contributed by atoms with E-state index in [-0.39, 0.29) is 5.75 Å². The molecule has 0 bridgehead atoms. The summed E-state index contributed by atoms with van der Waals surface area (Å²) in [6, 6.07) is 8.15. The fraction of sp³-hybridized carbons (Fsp3) is 0. The van der Waals surface area contributed by atoms with Crippen molar-refractivity contribution < 1.29 is 13.5 Å². The second kappa shape index (κ2) is 4.77. The number of halogens is 2. The van der Waals surface area contributed by atoms with Crippen molar-refractivity contribution in [1.82, 2.24) is 4.98 Å². The second-order valence-electron chi connectivity index (χ2n) is 4.28. The van der Waals surface area contributed by atoms with Crippen LogP contribution in [0.1, 0.15) is 0 Å². The number of nitrogens with zero attached hydrogens (tertiary/aromatic N) is 1. The summed E-state index contributed by atoms with van der Waals surface area (Å²) in [6.45, 7) is 0. The molecule has 3 rings (SSSR count). The largest absolute Gasteiger partial charge is 0.455 e. The molecule has 0 fully saturated rings. The molecule has 1 heterocycles. The highest BCUT2D eigenvalue weighted by Gasteiger charge is 2.08. The van der Waals surface area contributed by atoms with Crippen LogP contribution in [0.5, 0.6) is 11.5 Å². The van der Waals surface area contributed by atoms with Gasteiger partial charge in [-0.05, 0) is 18.2 Å². The lowest BCUT2D eigenvalue weighted by molar-refractivity contribution is 0.471. The zero-order chi connectivity index (χ0) is 14.1. The number of anilines is 1. The molecule has 1 aromatic heterocycles. The smallest absolute Gasteiger partial charge is 0.150 e. The van der Waals surface area contributed by atoms with Gasteiger partial charge in [0.15, 0.2) is 5.75 Å². The van der Waals surface area contributed by atoms with Crippen LogP contribution in [-0.4, -0.2) is 4.98 Å². The van der Waals surface area contributed by atoms with E-state index in [1.165, 1.54) is 0 Å². The third-order valence-electron chi connectivity index (χ3n) is 2.89. The molecule has 0 saturated carbocycles. The number of aromatic nitrogens is 1. The zero-order valence-electron chi connectivity index (χ0n) is 10.3. The van der Waals surface area contributed by atoms with Gasteiger partial charge in [-0.25, -0.2) is 8.78 Å². The molecule has 3 nitrogen and oxygen atoms in total. The minimum Gasteiger partial charge on any atom is -0.455 e. The van der Waals surface area contributed by atoms with Crippen LogP contribution in [0.2, 0.25) is 0 Å². The number of nitrogen functional groups attached to an aromatic ring is 1. The number of benzene rings is 2. The molecule has 0 aliphatic carbocycles. The molecule has 2 aromatic carbocycles. The number of rotatable bonds is 2. The molecular formula is C15H10F2N2O. The van der Waals surface area contributed by atoms with Crippen molar-refractivity contribution >= 4 is 16.5 Å². The number of hydrogen-bond donors (Lipinski definition) is 1. The summed E-state index contributed by atoms with van der Waals surface area (Å²) in [5.74, 6) is -1.01. The van der Waals surface area contributed by atoms with Gasteiger partial charge in [0.1, 0.15) is 17.4 Å². The average molecular weight is 272 g/mol. The Labute approximate surface area is 113 Å². The Morgan fingerprint density at radius 1 is 1.00 bits per heavy atom. The summed E-state index contributed by atoms with van der Waals surface area (Å²) in [7, 11) is 0. The third kappa shape index (κ3) is 2.25. The lowest BCUT2D eigenvalue weighted by Gasteiger charge is -2.10. The van der Waals surface area contributed by atoms with Gasteiger partial charge in [-0.3, -0.25) is 4.98 Å². The van der Waals surface area contributed by atoms with Gasteiger partial charge in [-0.15, -0.1) is 0 Å². The molecule has 20 heavy (non-hydrogen) atoms. The van der Waals surface area contributed by atoms with Crippen LogP contribution in [0.25, 0.3) is 10.8 Å². The van der Waals surface area contributed by atoms with Gasteiger partial charge in [0.2, 0.25) is 0 Å². The lowest BCUT2D eigenvalue weighted by Crippen LogP contribution is -1.94. The Kier molecular flexibility index (Phi) is 2.95. The predicted molar refractivity (Wildman–Crippen MR) is 72.6 cm³/mol. The number of fused-ring (bicyclic) bond motifs is 1. The van der Waals surface area contributed by atoms with Crippen LogP contribution in [0.15, 0.2) is 48.8 Å². The minimum absolute atomic E-state index is 0.0580. The Bertz CT molecular complexity index is 770. The first kappa shape index (κ1) is 12.3. The molecule has 0 radical (unpaired) electrons. The minimum atomic E-state index is -0.705. The fourth-order valence-corrected chi connectivity index (χ4v) is 1.98. The topological polar surface area (TPSA) is 48.1 Å². The average Bonchev–Trinajstić information content (AvgIpc) is 2.41. The standard InChI is InChI=1S/C15H10F2N2O/c16-10-5-11(17)7-12(6-10)20-14-2-1-9-8-19-4-3-13(9)15(14)18/h1-8H,18H2. The molecule has 5 heteroatoms. The highest BCUT2D eigenvalue weighted by atomic mass is 19.1. The van der Waals surface area contributed by atoms with Gasteiger partial charge < -0.3 is 10.5 Å². The van der Waals surface area contributed by atoms with Crippen LogP contribution in [-0.2, 0) is 0 Å². The summed E-state index contributed by atoms with van der Waals surface area (Å²) >= 11 is 0. The van der Waals surface area contributed by atoms with E-state index >= 15 is 0 Å². The monoisotopic (exact) mass is 272 g/mol. The molecular weight excluding hydrogens is 262 g/mol. The van der Waals surface area contributed by atoms with Crippen LogP contribution in [0, 0.1) is 11.6 Å². The Balaban J connectivity index is 2.04. The Morgan fingerprint density at radius 2 is 1.75 bits per heavy atom. The summed E-state index contributed by atoms with van der Waals surface area (Å²) in [5.41, 5.74) is 6.40. The summed E-state index contributed by atoms with van der Waals surface area (Å²) in [4.78, 5) is 4.00. The molecule has 0 aliphatic rings. The van der Waals surface area contributed by atoms with Crippen molar-refractivity contribution in [3.63, 3.8) is 0 Å². The molecule has 0 saturated heterocycles. The maximum Gasteiger partial charge on any atom is 0.150 e. The maximum absolute atomic E-state index is 13.1. The summed E-state index contributed by atoms with van der Waals surface area (Å²) in [6.07, 6.45) is 3.29. The number of pyridine rings is 1. The van der Waals surface area contributed by atoms with E-state index in [9.17, 15) is 8.78 Å². The van der Waals surface area contributed by atoms with Crippen molar-refractivity contribution in [1.29, 1.82) is 0 Å². The van der Waals surface area contributed by atoms with E-state index in [4.69, 9.17) is 10.5 Å². The molecule has 0 aliphatic heterocycles. The molecule has 0 unspecified atom stereocenters. The first-order valence-corrected chi connectivity index (χ1v) is 5.89. The van der Waals surface area contributed by atoms with Gasteiger partial charge >= 0.3 is 0 Å². The predicted octanol–water partition coefficient (Wildman–Crippen LogP) is 3.89. The first-order valence-electron chi connectivity index (χ1n) is 5.89. The van der Waals surface area contributed by atoms with E-state index in [1.807, 2.05) is 0 Å². The number of hydrogen-bond acceptors (Lipinski definition) is 3. The molecule has 2 N–H and O–H groups in total. The quantitative estimate of drug-likeness (QED) is 0.720. The Morgan fingerprint density at radius 3 is 2.50 bits per heavy atom. The molecule has 100 valence electrons. The van der Waals surface area contributed by atoms with Gasteiger partial charge in [0.25, 0.3) is 0 Å². The maximum atomic E-state index is 13.1. The molecule has 0 amide bonds. The van der Waals surface area contributed by atoms with Crippen molar-refractivity contribution in [2.24, 2.45) is 0 Å². The van der Waals surface area contributed by atoms with Crippen LogP contribution in [0.4, 0.5) is 14.5 Å². The van der Waals surface area contributed by atoms with Gasteiger partial charge in [0, 0.05) is 41.4 Å². The number of ether oxygens (including phenoxy) is 1. The molecule has 3 aromatic rings. The van der Waals surface area contributed by atoms with Gasteiger partial charge in [0.05, 0.1) is 5.69 Å². The highest BCUT2D eigenvalue weighted by Crippen LogP contribution is 2.33. The van der Waals surface area contributed by atoms with Crippen molar-refractivity contribution in [2.45, 2.75) is 0 Å². The van der Waals surface area contributed by atoms with E-state index < -0.39 is 11.6 Å². The zero-order valence-corrected chi connectivity index (χ0v) is 10.3. The highest BCUT2D eigenvalue weighted by molar-refractivity contribution is 5.95. The van der Waals surface area contributed by atoms with Crippen LogP contribution in [0.3, 0.4) is 0 Å². The van der Waals surface area contributed by atoms with E-state index in [0.717, 1.165) is 29.0 Å². The number of nitrogens with two attached hydrogens (primary N) is 1. The molecule has 0 spiro atoms. The third-order valence-corrected chi connectivity index (χ3v) is 2.89. The summed E-state index contributed by atoms with van der Waals surface area (Å²) < 4.78 is 31.7. The van der Waals surface area contributed by atoms with Crippen molar-refractivity contribution in [3.05, 3.63) is 60.4 Å². The van der Waals surface area contributed by atoms with E-state index in [1.54, 1.807) is 30.6 Å². The SMILES string of the molecule is Nc1c(Oc2cc(F)cc(F)c2)ccc2cnccc12. The van der Waals surface area contributed by atoms with Crippen molar-refractivity contribution in [2.75, 3.05) is 5.73 Å². The Hall–Kier alpha value is -2.69. The van der Waals surface area contributed by atoms with Crippen LogP contribution >= 0.6 is 0 Å². The molecule has 0 atom stereocenters. The van der Waals surface area contributed by atoms with Crippen LogP contribution < -0.4 is 10.5 Å². The van der Waals surface area contributed by atoms with Gasteiger partial charge in [-0.2, -0.15) is 0 Å². The van der Waals surface area contributed by atoms with Gasteiger partial charge in [-0.1, -0.05) is 0 Å². The van der Waals surface area contributed by atoms with E-state index in [2.05, 4.69) is 4.98 Å². The second-order valence-corrected chi connectivity index (χ2v) is 4.28. The van der Waals surface area contributed by atoms with E-state index in [0.29, 0.717) is 11.4 Å². The van der Waals surface area contributed by atoms with Crippen molar-refractivity contribution in [3.8, 4) is 11.5 Å². The normalized spacial score (nSPS) is 10.7. The lowest BCUT2D eigenvalue weighted by atomic mass is 10.1. The fourth-order valence-electron chi connectivity index (χ4n) is 1.98. The summed E-state index contributed by atoms with van der Waals surface area (Å²) in [5, 5.41) is 1.64.